The average molecular weight is 276 g/mol. The summed E-state index contributed by atoms with van der Waals surface area (Å²) >= 11 is 0. The first-order valence-electron chi connectivity index (χ1n) is 7.37. The Balaban J connectivity index is 1.77. The summed E-state index contributed by atoms with van der Waals surface area (Å²) in [6, 6.07) is 4.14. The second-order valence-electron chi connectivity index (χ2n) is 5.51. The van der Waals surface area contributed by atoms with Gasteiger partial charge in [-0.25, -0.2) is 4.98 Å². The third kappa shape index (κ3) is 4.49. The molecule has 1 aliphatic rings. The van der Waals surface area contributed by atoms with E-state index in [1.807, 2.05) is 25.3 Å². The lowest BCUT2D eigenvalue weighted by Gasteiger charge is -2.16. The summed E-state index contributed by atoms with van der Waals surface area (Å²) in [5, 5.41) is 2.90. The molecule has 1 aromatic rings. The number of anilines is 1. The molecule has 1 aliphatic heterocycles. The molecule has 2 heterocycles. The number of nitrogens with one attached hydrogen (secondary N) is 1. The Morgan fingerprint density at radius 2 is 2.20 bits per heavy atom. The molecule has 1 saturated heterocycles. The van der Waals surface area contributed by atoms with Crippen LogP contribution in [0.2, 0.25) is 0 Å². The van der Waals surface area contributed by atoms with Gasteiger partial charge in [0.15, 0.2) is 0 Å². The highest BCUT2D eigenvalue weighted by molar-refractivity contribution is 5.75. The third-order valence-corrected chi connectivity index (χ3v) is 3.56. The minimum Gasteiger partial charge on any atom is -0.357 e. The second-order valence-corrected chi connectivity index (χ2v) is 5.51. The number of aromatic nitrogens is 1. The molecule has 0 saturated carbocycles. The molecule has 20 heavy (non-hydrogen) atoms. The number of hydrogen-bond donors (Lipinski definition) is 2. The van der Waals surface area contributed by atoms with Gasteiger partial charge in [0.25, 0.3) is 0 Å². The van der Waals surface area contributed by atoms with Crippen molar-refractivity contribution in [2.24, 2.45) is 5.73 Å². The van der Waals surface area contributed by atoms with Crippen molar-refractivity contribution in [2.45, 2.75) is 45.2 Å². The van der Waals surface area contributed by atoms with E-state index in [0.717, 1.165) is 30.9 Å². The molecule has 1 atom stereocenters. The van der Waals surface area contributed by atoms with Gasteiger partial charge in [-0.05, 0) is 37.8 Å². The lowest BCUT2D eigenvalue weighted by molar-refractivity contribution is -0.121. The number of amides is 1. The van der Waals surface area contributed by atoms with Crippen LogP contribution in [0.15, 0.2) is 18.3 Å². The Labute approximate surface area is 120 Å². The number of carbonyl (C=O) groups excluding carboxylic acids is 1. The molecular weight excluding hydrogens is 252 g/mol. The Morgan fingerprint density at radius 1 is 1.45 bits per heavy atom. The van der Waals surface area contributed by atoms with Gasteiger partial charge >= 0.3 is 0 Å². The van der Waals surface area contributed by atoms with Crippen molar-refractivity contribution in [1.82, 2.24) is 10.3 Å². The molecule has 0 aromatic carbocycles. The fourth-order valence-electron chi connectivity index (χ4n) is 2.30. The van der Waals surface area contributed by atoms with Crippen molar-refractivity contribution in [3.63, 3.8) is 0 Å². The van der Waals surface area contributed by atoms with Crippen LogP contribution >= 0.6 is 0 Å². The summed E-state index contributed by atoms with van der Waals surface area (Å²) in [5.74, 6) is 1.08. The first-order valence-corrected chi connectivity index (χ1v) is 7.37. The molecule has 110 valence electrons. The zero-order valence-electron chi connectivity index (χ0n) is 12.1. The van der Waals surface area contributed by atoms with Crippen LogP contribution in [-0.2, 0) is 11.3 Å². The monoisotopic (exact) mass is 276 g/mol. The van der Waals surface area contributed by atoms with E-state index in [0.29, 0.717) is 13.0 Å². The van der Waals surface area contributed by atoms with Gasteiger partial charge in [-0.15, -0.1) is 0 Å². The van der Waals surface area contributed by atoms with Gasteiger partial charge in [0.2, 0.25) is 5.91 Å². The molecule has 1 aromatic heterocycles. The van der Waals surface area contributed by atoms with E-state index in [9.17, 15) is 4.79 Å². The van der Waals surface area contributed by atoms with Crippen LogP contribution in [-0.4, -0.2) is 30.0 Å². The van der Waals surface area contributed by atoms with Crippen LogP contribution in [0.1, 0.15) is 38.2 Å². The Kier molecular flexibility index (Phi) is 5.35. The average Bonchev–Trinajstić information content (AvgIpc) is 2.97. The molecule has 1 fully saturated rings. The van der Waals surface area contributed by atoms with Crippen molar-refractivity contribution >= 4 is 11.7 Å². The first-order chi connectivity index (χ1) is 9.65. The fourth-order valence-corrected chi connectivity index (χ4v) is 2.30. The fraction of sp³-hybridized carbons (Fsp3) is 0.600. The van der Waals surface area contributed by atoms with Gasteiger partial charge in [-0.1, -0.05) is 6.07 Å². The molecule has 5 heteroatoms. The number of rotatable bonds is 6. The van der Waals surface area contributed by atoms with Crippen LogP contribution in [0.4, 0.5) is 5.82 Å². The maximum absolute atomic E-state index is 11.6. The molecule has 3 N–H and O–H groups in total. The molecule has 5 nitrogen and oxygen atoms in total. The van der Waals surface area contributed by atoms with Gasteiger partial charge in [-0.3, -0.25) is 4.79 Å². The van der Waals surface area contributed by atoms with Crippen molar-refractivity contribution in [2.75, 3.05) is 18.0 Å². The summed E-state index contributed by atoms with van der Waals surface area (Å²) in [5.41, 5.74) is 6.66. The predicted octanol–water partition coefficient (Wildman–Crippen LogP) is 1.43. The lowest BCUT2D eigenvalue weighted by Crippen LogP contribution is -2.25. The van der Waals surface area contributed by atoms with Crippen molar-refractivity contribution in [3.8, 4) is 0 Å². The number of nitrogens with two attached hydrogens (primary N) is 1. The summed E-state index contributed by atoms with van der Waals surface area (Å²) in [6.07, 6.45) is 5.55. The van der Waals surface area contributed by atoms with Crippen molar-refractivity contribution < 1.29 is 4.79 Å². The Morgan fingerprint density at radius 3 is 2.80 bits per heavy atom. The van der Waals surface area contributed by atoms with Gasteiger partial charge in [-0.2, -0.15) is 0 Å². The van der Waals surface area contributed by atoms with E-state index in [1.165, 1.54) is 12.8 Å². The smallest absolute Gasteiger partial charge is 0.220 e. The zero-order chi connectivity index (χ0) is 14.4. The van der Waals surface area contributed by atoms with Crippen LogP contribution < -0.4 is 16.0 Å². The van der Waals surface area contributed by atoms with Crippen LogP contribution in [0.5, 0.6) is 0 Å². The van der Waals surface area contributed by atoms with Crippen molar-refractivity contribution in [1.29, 1.82) is 0 Å². The quantitative estimate of drug-likeness (QED) is 0.824. The maximum Gasteiger partial charge on any atom is 0.220 e. The Bertz CT molecular complexity index is 424. The number of nitrogens with zero attached hydrogens (tertiary/aromatic N) is 2. The molecule has 0 radical (unpaired) electrons. The highest BCUT2D eigenvalue weighted by Crippen LogP contribution is 2.17. The topological polar surface area (TPSA) is 71.2 Å². The highest BCUT2D eigenvalue weighted by atomic mass is 16.1. The van der Waals surface area contributed by atoms with Crippen molar-refractivity contribution in [3.05, 3.63) is 23.9 Å². The summed E-state index contributed by atoms with van der Waals surface area (Å²) < 4.78 is 0. The molecule has 0 spiro atoms. The molecule has 0 aliphatic carbocycles. The maximum atomic E-state index is 11.6. The van der Waals surface area contributed by atoms with Gasteiger partial charge in [0, 0.05) is 38.3 Å². The largest absolute Gasteiger partial charge is 0.357 e. The van der Waals surface area contributed by atoms with E-state index in [2.05, 4.69) is 15.2 Å². The summed E-state index contributed by atoms with van der Waals surface area (Å²) in [6.45, 7) is 4.64. The number of pyridine rings is 1. The molecular formula is C15H24N4O. The zero-order valence-corrected chi connectivity index (χ0v) is 12.1. The van der Waals surface area contributed by atoms with Gasteiger partial charge in [0.1, 0.15) is 5.82 Å². The Hall–Kier alpha value is -1.62. The summed E-state index contributed by atoms with van der Waals surface area (Å²) in [7, 11) is 0. The predicted molar refractivity (Wildman–Crippen MR) is 80.4 cm³/mol. The first kappa shape index (κ1) is 14.8. The van der Waals surface area contributed by atoms with E-state index in [4.69, 9.17) is 5.73 Å². The second kappa shape index (κ2) is 7.24. The van der Waals surface area contributed by atoms with E-state index < -0.39 is 0 Å². The molecule has 1 unspecified atom stereocenters. The third-order valence-electron chi connectivity index (χ3n) is 3.56. The molecule has 1 amide bonds. The van der Waals surface area contributed by atoms with Crippen LogP contribution in [0, 0.1) is 0 Å². The standard InChI is InChI=1S/C15H24N4O/c1-12(16)4-7-15(20)18-11-13-5-6-14(17-10-13)19-8-2-3-9-19/h5-6,10,12H,2-4,7-9,11,16H2,1H3,(H,18,20). The van der Waals surface area contributed by atoms with Gasteiger partial charge < -0.3 is 16.0 Å². The number of carbonyl (C=O) groups is 1. The summed E-state index contributed by atoms with van der Waals surface area (Å²) in [4.78, 5) is 18.4. The van der Waals surface area contributed by atoms with E-state index in [1.54, 1.807) is 0 Å². The highest BCUT2D eigenvalue weighted by Gasteiger charge is 2.13. The molecule has 2 rings (SSSR count). The minimum absolute atomic E-state index is 0.0471. The van der Waals surface area contributed by atoms with Crippen LogP contribution in [0.25, 0.3) is 0 Å². The lowest BCUT2D eigenvalue weighted by atomic mass is 10.2. The molecule has 0 bridgehead atoms. The van der Waals surface area contributed by atoms with E-state index in [-0.39, 0.29) is 11.9 Å². The number of hydrogen-bond acceptors (Lipinski definition) is 4. The van der Waals surface area contributed by atoms with E-state index >= 15 is 0 Å². The normalized spacial score (nSPS) is 16.2. The SMILES string of the molecule is CC(N)CCC(=O)NCc1ccc(N2CCCC2)nc1. The minimum atomic E-state index is 0.0471. The van der Waals surface area contributed by atoms with Gasteiger partial charge in [0.05, 0.1) is 0 Å². The van der Waals surface area contributed by atoms with Crippen LogP contribution in [0.3, 0.4) is 0 Å².